The quantitative estimate of drug-likeness (QED) is 0.779. The summed E-state index contributed by atoms with van der Waals surface area (Å²) in [4.78, 5) is 27.3. The van der Waals surface area contributed by atoms with Crippen LogP contribution >= 0.6 is 0 Å². The van der Waals surface area contributed by atoms with Crippen LogP contribution in [0.15, 0.2) is 54.6 Å². The minimum atomic E-state index is -0.550. The lowest BCUT2D eigenvalue weighted by atomic mass is 9.87. The van der Waals surface area contributed by atoms with Gasteiger partial charge in [0.05, 0.1) is 24.1 Å². The van der Waals surface area contributed by atoms with Gasteiger partial charge in [-0.25, -0.2) is 4.39 Å². The Balaban J connectivity index is 1.84. The molecule has 0 spiro atoms. The fourth-order valence-corrected chi connectivity index (χ4v) is 3.64. The summed E-state index contributed by atoms with van der Waals surface area (Å²) < 4.78 is 19.2. The van der Waals surface area contributed by atoms with Gasteiger partial charge in [0, 0.05) is 20.2 Å². The molecule has 2 amide bonds. The number of benzene rings is 2. The van der Waals surface area contributed by atoms with E-state index in [-0.39, 0.29) is 35.9 Å². The lowest BCUT2D eigenvalue weighted by Crippen LogP contribution is -2.47. The van der Waals surface area contributed by atoms with Crippen LogP contribution in [-0.2, 0) is 9.53 Å². The van der Waals surface area contributed by atoms with Gasteiger partial charge in [-0.1, -0.05) is 42.5 Å². The number of piperidine rings is 1. The van der Waals surface area contributed by atoms with Crippen molar-refractivity contribution in [2.75, 3.05) is 26.8 Å². The fraction of sp³-hybridized carbons (Fsp3) is 0.364. The second kappa shape index (κ2) is 9.46. The molecule has 2 aromatic rings. The number of ether oxygens (including phenoxy) is 1. The van der Waals surface area contributed by atoms with Crippen LogP contribution in [0.4, 0.5) is 4.39 Å². The van der Waals surface area contributed by atoms with Gasteiger partial charge in [0.1, 0.15) is 5.82 Å². The van der Waals surface area contributed by atoms with E-state index < -0.39 is 5.82 Å². The van der Waals surface area contributed by atoms with Crippen LogP contribution in [0.5, 0.6) is 0 Å². The Morgan fingerprint density at radius 1 is 1.11 bits per heavy atom. The largest absolute Gasteiger partial charge is 0.383 e. The molecule has 0 aliphatic carbocycles. The standard InChI is InChI=1S/C22H25FN2O3/c1-28-14-13-24-21(26)17-11-12-20(16-7-3-2-4-8-16)25(15-17)22(27)18-9-5-6-10-19(18)23/h2-10,17,20H,11-15H2,1H3,(H,24,26)/t17-,20+/m0/s1. The van der Waals surface area contributed by atoms with Crippen LogP contribution in [0.2, 0.25) is 0 Å². The third-order valence-electron chi connectivity index (χ3n) is 5.11. The molecule has 148 valence electrons. The molecule has 1 heterocycles. The van der Waals surface area contributed by atoms with Gasteiger partial charge in [-0.2, -0.15) is 0 Å². The summed E-state index contributed by atoms with van der Waals surface area (Å²) in [6.45, 7) is 1.11. The summed E-state index contributed by atoms with van der Waals surface area (Å²) in [5.41, 5.74) is 1.02. The van der Waals surface area contributed by atoms with Gasteiger partial charge in [0.2, 0.25) is 5.91 Å². The van der Waals surface area contributed by atoms with Crippen LogP contribution in [-0.4, -0.2) is 43.5 Å². The average molecular weight is 384 g/mol. The summed E-state index contributed by atoms with van der Waals surface area (Å²) >= 11 is 0. The highest BCUT2D eigenvalue weighted by Crippen LogP contribution is 2.34. The predicted molar refractivity (Wildman–Crippen MR) is 104 cm³/mol. The van der Waals surface area contributed by atoms with E-state index in [9.17, 15) is 14.0 Å². The summed E-state index contributed by atoms with van der Waals surface area (Å²) in [7, 11) is 1.58. The topological polar surface area (TPSA) is 58.6 Å². The van der Waals surface area contributed by atoms with E-state index in [0.29, 0.717) is 26.0 Å². The Morgan fingerprint density at radius 3 is 2.54 bits per heavy atom. The van der Waals surface area contributed by atoms with Gasteiger partial charge in [0.25, 0.3) is 5.91 Å². The van der Waals surface area contributed by atoms with Crippen molar-refractivity contribution in [3.05, 3.63) is 71.5 Å². The molecule has 1 fully saturated rings. The zero-order valence-electron chi connectivity index (χ0n) is 15.9. The van der Waals surface area contributed by atoms with E-state index in [1.807, 2.05) is 30.3 Å². The van der Waals surface area contributed by atoms with Crippen molar-refractivity contribution in [1.82, 2.24) is 10.2 Å². The van der Waals surface area contributed by atoms with Gasteiger partial charge in [0.15, 0.2) is 0 Å². The third-order valence-corrected chi connectivity index (χ3v) is 5.11. The number of nitrogens with one attached hydrogen (secondary N) is 1. The number of carbonyl (C=O) groups excluding carboxylic acids is 2. The summed E-state index contributed by atoms with van der Waals surface area (Å²) in [5, 5.41) is 2.84. The number of methoxy groups -OCH3 is 1. The average Bonchev–Trinajstić information content (AvgIpc) is 2.74. The van der Waals surface area contributed by atoms with Crippen LogP contribution in [0, 0.1) is 11.7 Å². The SMILES string of the molecule is COCCNC(=O)[C@H]1CC[C@H](c2ccccc2)N(C(=O)c2ccccc2F)C1. The van der Waals surface area contributed by atoms with Gasteiger partial charge < -0.3 is 15.0 Å². The molecular weight excluding hydrogens is 359 g/mol. The van der Waals surface area contributed by atoms with E-state index in [2.05, 4.69) is 5.32 Å². The lowest BCUT2D eigenvalue weighted by Gasteiger charge is -2.39. The second-order valence-electron chi connectivity index (χ2n) is 6.92. The highest BCUT2D eigenvalue weighted by atomic mass is 19.1. The van der Waals surface area contributed by atoms with E-state index >= 15 is 0 Å². The smallest absolute Gasteiger partial charge is 0.257 e. The Morgan fingerprint density at radius 2 is 1.82 bits per heavy atom. The molecule has 0 bridgehead atoms. The monoisotopic (exact) mass is 384 g/mol. The minimum absolute atomic E-state index is 0.0314. The predicted octanol–water partition coefficient (Wildman–Crippen LogP) is 3.18. The van der Waals surface area contributed by atoms with Crippen molar-refractivity contribution in [3.8, 4) is 0 Å². The molecule has 0 radical (unpaired) electrons. The third kappa shape index (κ3) is 4.57. The summed E-state index contributed by atoms with van der Waals surface area (Å²) in [6.07, 6.45) is 1.31. The lowest BCUT2D eigenvalue weighted by molar-refractivity contribution is -0.127. The van der Waals surface area contributed by atoms with Crippen LogP contribution < -0.4 is 5.32 Å². The molecule has 2 aromatic carbocycles. The molecule has 2 atom stereocenters. The molecule has 0 saturated carbocycles. The molecule has 1 saturated heterocycles. The van der Waals surface area contributed by atoms with Gasteiger partial charge in [-0.3, -0.25) is 9.59 Å². The van der Waals surface area contributed by atoms with Crippen molar-refractivity contribution in [2.45, 2.75) is 18.9 Å². The van der Waals surface area contributed by atoms with Crippen molar-refractivity contribution in [1.29, 1.82) is 0 Å². The Hall–Kier alpha value is -2.73. The molecule has 1 aliphatic heterocycles. The second-order valence-corrected chi connectivity index (χ2v) is 6.92. The number of hydrogen-bond donors (Lipinski definition) is 1. The first kappa shape index (κ1) is 20.0. The maximum absolute atomic E-state index is 14.2. The molecular formula is C22H25FN2O3. The number of nitrogens with zero attached hydrogens (tertiary/aromatic N) is 1. The zero-order chi connectivity index (χ0) is 19.9. The molecule has 5 nitrogen and oxygen atoms in total. The van der Waals surface area contributed by atoms with Crippen molar-refractivity contribution >= 4 is 11.8 Å². The molecule has 1 aliphatic rings. The number of halogens is 1. The highest BCUT2D eigenvalue weighted by molar-refractivity contribution is 5.95. The number of rotatable bonds is 6. The molecule has 6 heteroatoms. The fourth-order valence-electron chi connectivity index (χ4n) is 3.64. The molecule has 3 rings (SSSR count). The van der Waals surface area contributed by atoms with Gasteiger partial charge >= 0.3 is 0 Å². The first-order valence-corrected chi connectivity index (χ1v) is 9.49. The first-order valence-electron chi connectivity index (χ1n) is 9.49. The normalized spacial score (nSPS) is 19.3. The molecule has 1 N–H and O–H groups in total. The van der Waals surface area contributed by atoms with E-state index in [1.165, 1.54) is 12.1 Å². The Kier molecular flexibility index (Phi) is 6.76. The number of carbonyl (C=O) groups is 2. The number of hydrogen-bond acceptors (Lipinski definition) is 3. The Labute approximate surface area is 164 Å². The molecule has 0 aromatic heterocycles. The van der Waals surface area contributed by atoms with Crippen molar-refractivity contribution in [2.24, 2.45) is 5.92 Å². The van der Waals surface area contributed by atoms with Gasteiger partial charge in [-0.15, -0.1) is 0 Å². The van der Waals surface area contributed by atoms with Crippen LogP contribution in [0.25, 0.3) is 0 Å². The Bertz CT molecular complexity index is 812. The van der Waals surface area contributed by atoms with Gasteiger partial charge in [-0.05, 0) is 30.5 Å². The summed E-state index contributed by atoms with van der Waals surface area (Å²) in [6, 6.07) is 15.5. The molecule has 0 unspecified atom stereocenters. The maximum Gasteiger partial charge on any atom is 0.257 e. The maximum atomic E-state index is 14.2. The van der Waals surface area contributed by atoms with E-state index in [1.54, 1.807) is 24.1 Å². The zero-order valence-corrected chi connectivity index (χ0v) is 15.9. The number of amides is 2. The van der Waals surface area contributed by atoms with Crippen LogP contribution in [0.1, 0.15) is 34.8 Å². The number of likely N-dealkylation sites (tertiary alicyclic amines) is 1. The van der Waals surface area contributed by atoms with E-state index in [4.69, 9.17) is 4.74 Å². The van der Waals surface area contributed by atoms with Crippen LogP contribution in [0.3, 0.4) is 0 Å². The van der Waals surface area contributed by atoms with Crippen molar-refractivity contribution in [3.63, 3.8) is 0 Å². The minimum Gasteiger partial charge on any atom is -0.383 e. The van der Waals surface area contributed by atoms with Crippen molar-refractivity contribution < 1.29 is 18.7 Å². The highest BCUT2D eigenvalue weighted by Gasteiger charge is 2.36. The first-order chi connectivity index (χ1) is 13.6. The molecule has 28 heavy (non-hydrogen) atoms. The summed E-state index contributed by atoms with van der Waals surface area (Å²) in [5.74, 6) is -1.37. The van der Waals surface area contributed by atoms with E-state index in [0.717, 1.165) is 5.56 Å².